The fourth-order valence-corrected chi connectivity index (χ4v) is 2.03. The lowest BCUT2D eigenvalue weighted by atomic mass is 10.2. The smallest absolute Gasteiger partial charge is 0.255 e. The number of anilines is 1. The van der Waals surface area contributed by atoms with Crippen LogP contribution in [0.25, 0.3) is 5.65 Å². The molecule has 0 bridgehead atoms. The quantitative estimate of drug-likeness (QED) is 0.787. The number of carbonyl (C=O) groups is 1. The van der Waals surface area contributed by atoms with Crippen molar-refractivity contribution in [1.29, 1.82) is 0 Å². The molecular weight excluding hydrogens is 276 g/mol. The number of aromatic nitrogens is 2. The summed E-state index contributed by atoms with van der Waals surface area (Å²) in [5.74, 6) is -2.55. The molecule has 3 rings (SSSR count). The Kier molecular flexibility index (Phi) is 3.13. The summed E-state index contributed by atoms with van der Waals surface area (Å²) in [6.07, 6.45) is 3.52. The number of pyridine rings is 1. The molecule has 0 unspecified atom stereocenters. The van der Waals surface area contributed by atoms with Crippen LogP contribution in [0.2, 0.25) is 0 Å². The normalized spacial score (nSPS) is 10.8. The van der Waals surface area contributed by atoms with Gasteiger partial charge in [-0.3, -0.25) is 4.79 Å². The molecule has 0 radical (unpaired) electrons. The van der Waals surface area contributed by atoms with Crippen LogP contribution >= 0.6 is 0 Å². The molecule has 2 heterocycles. The van der Waals surface area contributed by atoms with Crippen molar-refractivity contribution in [1.82, 2.24) is 9.38 Å². The molecule has 0 atom stereocenters. The highest BCUT2D eigenvalue weighted by Crippen LogP contribution is 2.14. The predicted molar refractivity (Wildman–Crippen MR) is 74.2 cm³/mol. The van der Waals surface area contributed by atoms with E-state index in [1.54, 1.807) is 22.7 Å². The summed E-state index contributed by atoms with van der Waals surface area (Å²) < 4.78 is 27.7. The summed E-state index contributed by atoms with van der Waals surface area (Å²) >= 11 is 0. The van der Waals surface area contributed by atoms with Crippen LogP contribution in [0.4, 0.5) is 14.5 Å². The molecule has 3 aromatic rings. The number of rotatable bonds is 2. The van der Waals surface area contributed by atoms with Crippen LogP contribution in [-0.2, 0) is 0 Å². The lowest BCUT2D eigenvalue weighted by Gasteiger charge is -2.06. The molecule has 21 heavy (non-hydrogen) atoms. The van der Waals surface area contributed by atoms with Crippen LogP contribution in [0.1, 0.15) is 16.1 Å². The molecule has 2 aromatic heterocycles. The van der Waals surface area contributed by atoms with Crippen molar-refractivity contribution in [3.63, 3.8) is 0 Å². The van der Waals surface area contributed by atoms with E-state index in [0.717, 1.165) is 23.5 Å². The van der Waals surface area contributed by atoms with Crippen LogP contribution in [-0.4, -0.2) is 15.3 Å². The summed E-state index contributed by atoms with van der Waals surface area (Å²) in [5.41, 5.74) is 2.21. The number of amides is 1. The fourth-order valence-electron chi connectivity index (χ4n) is 2.03. The van der Waals surface area contributed by atoms with Gasteiger partial charge in [0, 0.05) is 18.0 Å². The van der Waals surface area contributed by atoms with Crippen molar-refractivity contribution in [3.8, 4) is 0 Å². The average Bonchev–Trinajstić information content (AvgIpc) is 2.81. The van der Waals surface area contributed by atoms with Gasteiger partial charge in [-0.1, -0.05) is 0 Å². The van der Waals surface area contributed by atoms with E-state index in [4.69, 9.17) is 0 Å². The first-order chi connectivity index (χ1) is 10.0. The fraction of sp³-hybridized carbons (Fsp3) is 0.0667. The zero-order valence-corrected chi connectivity index (χ0v) is 11.1. The van der Waals surface area contributed by atoms with E-state index in [9.17, 15) is 13.6 Å². The van der Waals surface area contributed by atoms with Crippen LogP contribution < -0.4 is 5.32 Å². The van der Waals surface area contributed by atoms with E-state index in [2.05, 4.69) is 10.3 Å². The minimum Gasteiger partial charge on any atom is -0.321 e. The van der Waals surface area contributed by atoms with Crippen molar-refractivity contribution in [2.45, 2.75) is 6.92 Å². The highest BCUT2D eigenvalue weighted by molar-refractivity contribution is 6.04. The second-order valence-corrected chi connectivity index (χ2v) is 4.65. The van der Waals surface area contributed by atoms with Gasteiger partial charge in [-0.2, -0.15) is 0 Å². The molecule has 4 nitrogen and oxygen atoms in total. The Morgan fingerprint density at radius 1 is 1.14 bits per heavy atom. The molecule has 1 N–H and O–H groups in total. The second-order valence-electron chi connectivity index (χ2n) is 4.65. The summed E-state index contributed by atoms with van der Waals surface area (Å²) in [6.45, 7) is 1.87. The third-order valence-electron chi connectivity index (χ3n) is 3.01. The van der Waals surface area contributed by atoms with Gasteiger partial charge in [0.2, 0.25) is 0 Å². The molecule has 1 amide bonds. The van der Waals surface area contributed by atoms with Crippen molar-refractivity contribution in [2.75, 3.05) is 5.32 Å². The molecule has 0 aliphatic carbocycles. The topological polar surface area (TPSA) is 46.4 Å². The zero-order valence-electron chi connectivity index (χ0n) is 11.1. The lowest BCUT2D eigenvalue weighted by molar-refractivity contribution is 0.102. The van der Waals surface area contributed by atoms with Gasteiger partial charge in [-0.05, 0) is 37.3 Å². The van der Waals surface area contributed by atoms with Gasteiger partial charge in [0.25, 0.3) is 5.91 Å². The van der Waals surface area contributed by atoms with Crippen LogP contribution in [0.15, 0.2) is 42.7 Å². The van der Waals surface area contributed by atoms with Gasteiger partial charge in [0.15, 0.2) is 11.6 Å². The monoisotopic (exact) mass is 287 g/mol. The lowest BCUT2D eigenvalue weighted by Crippen LogP contribution is -2.12. The van der Waals surface area contributed by atoms with Crippen molar-refractivity contribution >= 4 is 17.2 Å². The largest absolute Gasteiger partial charge is 0.321 e. The van der Waals surface area contributed by atoms with E-state index in [1.807, 2.05) is 13.1 Å². The molecule has 0 fully saturated rings. The maximum Gasteiger partial charge on any atom is 0.255 e. The van der Waals surface area contributed by atoms with E-state index in [1.165, 1.54) is 6.07 Å². The van der Waals surface area contributed by atoms with Gasteiger partial charge in [-0.25, -0.2) is 13.8 Å². The maximum atomic E-state index is 13.1. The Labute approximate surface area is 119 Å². The number of benzene rings is 1. The molecule has 0 saturated carbocycles. The molecule has 106 valence electrons. The van der Waals surface area contributed by atoms with Gasteiger partial charge < -0.3 is 9.72 Å². The first-order valence-corrected chi connectivity index (χ1v) is 6.25. The van der Waals surface area contributed by atoms with Crippen LogP contribution in [0.5, 0.6) is 0 Å². The van der Waals surface area contributed by atoms with Crippen molar-refractivity contribution < 1.29 is 13.6 Å². The van der Waals surface area contributed by atoms with Gasteiger partial charge >= 0.3 is 0 Å². The maximum absolute atomic E-state index is 13.1. The number of fused-ring (bicyclic) bond motifs is 1. The second kappa shape index (κ2) is 4.97. The first-order valence-electron chi connectivity index (χ1n) is 6.25. The van der Waals surface area contributed by atoms with Crippen molar-refractivity contribution in [2.24, 2.45) is 0 Å². The third-order valence-corrected chi connectivity index (χ3v) is 3.01. The zero-order chi connectivity index (χ0) is 15.0. The van der Waals surface area contributed by atoms with Gasteiger partial charge in [-0.15, -0.1) is 0 Å². The van der Waals surface area contributed by atoms with E-state index in [0.29, 0.717) is 5.69 Å². The third kappa shape index (κ3) is 2.60. The van der Waals surface area contributed by atoms with E-state index in [-0.39, 0.29) is 5.56 Å². The number of aryl methyl sites for hydroxylation is 1. The minimum atomic E-state index is -1.05. The highest BCUT2D eigenvalue weighted by atomic mass is 19.2. The molecule has 0 spiro atoms. The number of nitrogens with zero attached hydrogens (tertiary/aromatic N) is 2. The summed E-state index contributed by atoms with van der Waals surface area (Å²) in [6, 6.07) is 6.47. The van der Waals surface area contributed by atoms with Crippen LogP contribution in [0, 0.1) is 18.6 Å². The van der Waals surface area contributed by atoms with E-state index < -0.39 is 17.5 Å². The molecule has 1 aromatic carbocycles. The SMILES string of the molecule is Cc1cn2cc(NC(=O)c3ccc(F)c(F)c3)ccc2n1. The number of hydrogen-bond acceptors (Lipinski definition) is 2. The Morgan fingerprint density at radius 3 is 2.71 bits per heavy atom. The molecular formula is C15H11F2N3O. The number of carbonyl (C=O) groups excluding carboxylic acids is 1. The first kappa shape index (κ1) is 13.2. The predicted octanol–water partition coefficient (Wildman–Crippen LogP) is 3.17. The average molecular weight is 287 g/mol. The number of halogens is 2. The van der Waals surface area contributed by atoms with Crippen LogP contribution in [0.3, 0.4) is 0 Å². The molecule has 6 heteroatoms. The van der Waals surface area contributed by atoms with Gasteiger partial charge in [0.05, 0.1) is 11.4 Å². The summed E-state index contributed by atoms with van der Waals surface area (Å²) in [7, 11) is 0. The standard InChI is InChI=1S/C15H11F2N3O/c1-9-7-20-8-11(3-5-14(20)18-9)19-15(21)10-2-4-12(16)13(17)6-10/h2-8H,1H3,(H,19,21). The number of imidazole rings is 1. The Bertz CT molecular complexity index is 842. The highest BCUT2D eigenvalue weighted by Gasteiger charge is 2.10. The molecule has 0 aliphatic rings. The number of nitrogens with one attached hydrogen (secondary N) is 1. The van der Waals surface area contributed by atoms with Crippen molar-refractivity contribution in [3.05, 3.63) is 65.6 Å². The summed E-state index contributed by atoms with van der Waals surface area (Å²) in [4.78, 5) is 16.3. The molecule has 0 aliphatic heterocycles. The van der Waals surface area contributed by atoms with E-state index >= 15 is 0 Å². The van der Waals surface area contributed by atoms with Gasteiger partial charge in [0.1, 0.15) is 5.65 Å². The summed E-state index contributed by atoms with van der Waals surface area (Å²) in [5, 5.41) is 2.63. The Morgan fingerprint density at radius 2 is 1.95 bits per heavy atom. The Balaban J connectivity index is 1.86. The number of hydrogen-bond donors (Lipinski definition) is 1. The Hall–Kier alpha value is -2.76. The minimum absolute atomic E-state index is 0.0517. The molecule has 0 saturated heterocycles.